The van der Waals surface area contributed by atoms with Crippen molar-refractivity contribution in [3.8, 4) is 11.3 Å². The number of nitrogens with one attached hydrogen (secondary N) is 4. The third-order valence-electron chi connectivity index (χ3n) is 6.18. The van der Waals surface area contributed by atoms with E-state index in [1.165, 1.54) is 13.0 Å². The maximum Gasteiger partial charge on any atom is 0.229 e. The van der Waals surface area contributed by atoms with Crippen LogP contribution in [0.4, 0.5) is 27.4 Å². The molecule has 0 aliphatic carbocycles. The second-order valence-electron chi connectivity index (χ2n) is 9.26. The summed E-state index contributed by atoms with van der Waals surface area (Å²) in [5, 5.41) is 7.45. The Kier molecular flexibility index (Phi) is 6.49. The highest BCUT2D eigenvalue weighted by Gasteiger charge is 2.18. The Hall–Kier alpha value is -4.44. The third-order valence-corrected chi connectivity index (χ3v) is 6.18. The number of carbonyl (C=O) groups is 1. The van der Waals surface area contributed by atoms with E-state index >= 15 is 0 Å². The lowest BCUT2D eigenvalue weighted by molar-refractivity contribution is -0.114. The van der Waals surface area contributed by atoms with Crippen LogP contribution in [0.25, 0.3) is 33.2 Å². The van der Waals surface area contributed by atoms with Crippen molar-refractivity contribution in [2.45, 2.75) is 6.92 Å². The summed E-state index contributed by atoms with van der Waals surface area (Å²) >= 11 is 0. The average Bonchev–Trinajstić information content (AvgIpc) is 3.50. The van der Waals surface area contributed by atoms with Crippen molar-refractivity contribution in [2.24, 2.45) is 0 Å². The average molecular weight is 501 g/mol. The number of benzene rings is 2. The first-order valence-corrected chi connectivity index (χ1v) is 12.0. The maximum atomic E-state index is 14.8. The fourth-order valence-electron chi connectivity index (χ4n) is 4.37. The third kappa shape index (κ3) is 4.96. The van der Waals surface area contributed by atoms with E-state index in [4.69, 9.17) is 4.98 Å². The van der Waals surface area contributed by atoms with Gasteiger partial charge in [-0.1, -0.05) is 6.07 Å². The Labute approximate surface area is 213 Å². The van der Waals surface area contributed by atoms with Crippen LogP contribution in [0.1, 0.15) is 6.92 Å². The highest BCUT2D eigenvalue weighted by molar-refractivity contribution is 6.02. The van der Waals surface area contributed by atoms with Gasteiger partial charge in [0, 0.05) is 67.0 Å². The minimum Gasteiger partial charge on any atom is -0.372 e. The predicted octanol–water partition coefficient (Wildman–Crippen LogP) is 4.95. The van der Waals surface area contributed by atoms with E-state index < -0.39 is 0 Å². The molecular formula is C27H29FN8O. The van der Waals surface area contributed by atoms with Crippen molar-refractivity contribution in [1.82, 2.24) is 24.8 Å². The van der Waals surface area contributed by atoms with Crippen molar-refractivity contribution < 1.29 is 9.18 Å². The summed E-state index contributed by atoms with van der Waals surface area (Å²) in [6.07, 6.45) is 3.55. The van der Waals surface area contributed by atoms with E-state index in [-0.39, 0.29) is 11.7 Å². The van der Waals surface area contributed by atoms with E-state index in [0.717, 1.165) is 24.2 Å². The topological polar surface area (TPSA) is 105 Å². The molecule has 3 heterocycles. The van der Waals surface area contributed by atoms with Crippen molar-refractivity contribution in [2.75, 3.05) is 49.8 Å². The molecule has 0 bridgehead atoms. The SMILES string of the molecule is CC(=O)Nc1cc(Nc2nc(-c3c[nH]c4cccc(F)c34)c3cc[nH]c3n2)ccc1N(C)CCN(C)C. The standard InChI is InChI=1S/C27H29FN8O/c1-16(37)31-22-14-17(8-9-23(22)36(4)13-12-35(2)3)32-27-33-25(18-10-11-29-26(18)34-27)19-15-30-21-7-5-6-20(28)24(19)21/h5-11,14-15,30H,12-13H2,1-4H3,(H,31,37)(H2,29,32,33,34). The number of aromatic nitrogens is 4. The van der Waals surface area contributed by atoms with Gasteiger partial charge in [-0.25, -0.2) is 9.37 Å². The van der Waals surface area contributed by atoms with Crippen LogP contribution in [0, 0.1) is 5.82 Å². The minimum atomic E-state index is -0.320. The molecular weight excluding hydrogens is 471 g/mol. The van der Waals surface area contributed by atoms with Gasteiger partial charge in [0.15, 0.2) is 0 Å². The number of halogens is 1. The molecule has 1 amide bonds. The maximum absolute atomic E-state index is 14.8. The first-order valence-electron chi connectivity index (χ1n) is 12.0. The first kappa shape index (κ1) is 24.3. The van der Waals surface area contributed by atoms with Gasteiger partial charge in [-0.15, -0.1) is 0 Å². The van der Waals surface area contributed by atoms with Gasteiger partial charge in [-0.3, -0.25) is 4.79 Å². The summed E-state index contributed by atoms with van der Waals surface area (Å²) in [6.45, 7) is 3.15. The molecule has 0 atom stereocenters. The summed E-state index contributed by atoms with van der Waals surface area (Å²) in [5.74, 6) is -0.135. The zero-order valence-corrected chi connectivity index (χ0v) is 21.2. The molecule has 37 heavy (non-hydrogen) atoms. The van der Waals surface area contributed by atoms with Crippen molar-refractivity contribution in [3.05, 3.63) is 60.7 Å². The lowest BCUT2D eigenvalue weighted by Gasteiger charge is -2.24. The molecule has 0 saturated carbocycles. The number of amides is 1. The van der Waals surface area contributed by atoms with E-state index in [9.17, 15) is 9.18 Å². The lowest BCUT2D eigenvalue weighted by atomic mass is 10.1. The number of carbonyl (C=O) groups excluding carboxylic acids is 1. The van der Waals surface area contributed by atoms with Gasteiger partial charge >= 0.3 is 0 Å². The number of hydrogen-bond acceptors (Lipinski definition) is 6. The lowest BCUT2D eigenvalue weighted by Crippen LogP contribution is -2.29. The number of nitrogens with zero attached hydrogens (tertiary/aromatic N) is 4. The van der Waals surface area contributed by atoms with Crippen LogP contribution in [0.3, 0.4) is 0 Å². The van der Waals surface area contributed by atoms with Gasteiger partial charge in [-0.2, -0.15) is 4.98 Å². The minimum absolute atomic E-state index is 0.160. The molecule has 0 fully saturated rings. The Morgan fingerprint density at radius 3 is 2.68 bits per heavy atom. The van der Waals surface area contributed by atoms with Crippen LogP contribution >= 0.6 is 0 Å². The number of hydrogen-bond donors (Lipinski definition) is 4. The highest BCUT2D eigenvalue weighted by atomic mass is 19.1. The second-order valence-corrected chi connectivity index (χ2v) is 9.26. The smallest absolute Gasteiger partial charge is 0.229 e. The summed E-state index contributed by atoms with van der Waals surface area (Å²) in [6, 6.07) is 12.5. The monoisotopic (exact) mass is 500 g/mol. The summed E-state index contributed by atoms with van der Waals surface area (Å²) < 4.78 is 14.8. The molecule has 0 spiro atoms. The number of anilines is 4. The van der Waals surface area contributed by atoms with Gasteiger partial charge in [-0.05, 0) is 50.5 Å². The molecule has 0 aliphatic heterocycles. The second kappa shape index (κ2) is 9.90. The van der Waals surface area contributed by atoms with Gasteiger partial charge in [0.1, 0.15) is 11.5 Å². The van der Waals surface area contributed by atoms with E-state index in [1.54, 1.807) is 18.5 Å². The van der Waals surface area contributed by atoms with Gasteiger partial charge in [0.2, 0.25) is 11.9 Å². The molecule has 0 radical (unpaired) electrons. The zero-order chi connectivity index (χ0) is 26.1. The fraction of sp³-hybridized carbons (Fsp3) is 0.222. The quantitative estimate of drug-likeness (QED) is 0.240. The van der Waals surface area contributed by atoms with Gasteiger partial charge in [0.05, 0.1) is 17.1 Å². The van der Waals surface area contributed by atoms with Crippen LogP contribution in [0.15, 0.2) is 54.9 Å². The largest absolute Gasteiger partial charge is 0.372 e. The van der Waals surface area contributed by atoms with Crippen LogP contribution in [0.5, 0.6) is 0 Å². The van der Waals surface area contributed by atoms with Crippen molar-refractivity contribution >= 4 is 50.9 Å². The first-order chi connectivity index (χ1) is 17.8. The number of H-pyrrole nitrogens is 2. The molecule has 2 aromatic carbocycles. The van der Waals surface area contributed by atoms with Crippen LogP contribution < -0.4 is 15.5 Å². The van der Waals surface area contributed by atoms with E-state index in [1.807, 2.05) is 51.5 Å². The van der Waals surface area contributed by atoms with E-state index in [0.29, 0.717) is 45.1 Å². The van der Waals surface area contributed by atoms with Crippen LogP contribution in [0.2, 0.25) is 0 Å². The molecule has 190 valence electrons. The van der Waals surface area contributed by atoms with Gasteiger partial charge < -0.3 is 30.4 Å². The van der Waals surface area contributed by atoms with Gasteiger partial charge in [0.25, 0.3) is 0 Å². The summed E-state index contributed by atoms with van der Waals surface area (Å²) in [4.78, 5) is 31.8. The van der Waals surface area contributed by atoms with E-state index in [2.05, 4.69) is 35.4 Å². The summed E-state index contributed by atoms with van der Waals surface area (Å²) in [7, 11) is 6.04. The Balaban J connectivity index is 1.53. The number of likely N-dealkylation sites (N-methyl/N-ethyl adjacent to an activating group) is 2. The zero-order valence-electron chi connectivity index (χ0n) is 21.2. The molecule has 0 saturated heterocycles. The Morgan fingerprint density at radius 2 is 1.89 bits per heavy atom. The van der Waals surface area contributed by atoms with Crippen molar-refractivity contribution in [1.29, 1.82) is 0 Å². The molecule has 0 unspecified atom stereocenters. The molecule has 5 rings (SSSR count). The van der Waals surface area contributed by atoms with Crippen LogP contribution in [-0.4, -0.2) is 65.0 Å². The highest BCUT2D eigenvalue weighted by Crippen LogP contribution is 2.35. The number of aromatic amines is 2. The molecule has 4 N–H and O–H groups in total. The number of rotatable bonds is 8. The molecule has 0 aliphatic rings. The fourth-order valence-corrected chi connectivity index (χ4v) is 4.37. The van der Waals surface area contributed by atoms with Crippen LogP contribution in [-0.2, 0) is 4.79 Å². The predicted molar refractivity (Wildman–Crippen MR) is 147 cm³/mol. The number of fused-ring (bicyclic) bond motifs is 2. The van der Waals surface area contributed by atoms with Crippen molar-refractivity contribution in [3.63, 3.8) is 0 Å². The molecule has 3 aromatic heterocycles. The Morgan fingerprint density at radius 1 is 1.05 bits per heavy atom. The Bertz CT molecular complexity index is 1590. The normalized spacial score (nSPS) is 11.4. The molecule has 10 heteroatoms. The molecule has 5 aromatic rings. The summed E-state index contributed by atoms with van der Waals surface area (Å²) in [5.41, 5.74) is 4.86. The molecule has 9 nitrogen and oxygen atoms in total.